The highest BCUT2D eigenvalue weighted by Crippen LogP contribution is 2.32. The minimum Gasteiger partial charge on any atom is -0.480 e. The molecule has 5 heteroatoms. The van der Waals surface area contributed by atoms with Gasteiger partial charge in [-0.3, -0.25) is 4.79 Å². The van der Waals surface area contributed by atoms with Crippen LogP contribution in [0.25, 0.3) is 0 Å². The Morgan fingerprint density at radius 1 is 1.11 bits per heavy atom. The minimum absolute atomic E-state index is 0.0731. The number of carboxylic acid groups (broad SMARTS) is 1. The Morgan fingerprint density at radius 2 is 1.61 bits per heavy atom. The van der Waals surface area contributed by atoms with Crippen LogP contribution < -0.4 is 0 Å². The topological polar surface area (TPSA) is 60.9 Å². The average Bonchev–Trinajstić information content (AvgIpc) is 3.14. The van der Waals surface area contributed by atoms with Crippen LogP contribution in [0.4, 0.5) is 4.79 Å². The molecule has 0 atom stereocenters. The maximum absolute atomic E-state index is 12.5. The second kappa shape index (κ2) is 5.16. The number of urea groups is 1. The normalized spacial score (nSPS) is 18.8. The van der Waals surface area contributed by atoms with E-state index in [0.29, 0.717) is 12.0 Å². The Labute approximate surface area is 108 Å². The first kappa shape index (κ1) is 13.2. The minimum atomic E-state index is -0.921. The largest absolute Gasteiger partial charge is 0.480 e. The summed E-state index contributed by atoms with van der Waals surface area (Å²) in [5, 5.41) is 8.91. The van der Waals surface area contributed by atoms with E-state index in [4.69, 9.17) is 5.11 Å². The molecule has 0 aromatic rings. The number of carbonyl (C=O) groups excluding carboxylic acids is 1. The van der Waals surface area contributed by atoms with Crippen molar-refractivity contribution in [1.82, 2.24) is 9.80 Å². The molecule has 0 bridgehead atoms. The summed E-state index contributed by atoms with van der Waals surface area (Å²) in [6.07, 6.45) is 4.01. The molecule has 0 aliphatic heterocycles. The third kappa shape index (κ3) is 3.37. The van der Waals surface area contributed by atoms with E-state index in [-0.39, 0.29) is 18.6 Å². The van der Waals surface area contributed by atoms with Gasteiger partial charge in [-0.2, -0.15) is 0 Å². The Hall–Kier alpha value is -1.26. The van der Waals surface area contributed by atoms with E-state index < -0.39 is 5.97 Å². The summed E-state index contributed by atoms with van der Waals surface area (Å²) in [5.74, 6) is -0.504. The second-order valence-corrected chi connectivity index (χ2v) is 5.81. The summed E-state index contributed by atoms with van der Waals surface area (Å²) in [7, 11) is 0. The molecular weight excluding hydrogens is 232 g/mol. The molecule has 0 aromatic carbocycles. The van der Waals surface area contributed by atoms with Gasteiger partial charge in [0.1, 0.15) is 6.54 Å². The predicted octanol–water partition coefficient (Wildman–Crippen LogP) is 1.78. The molecule has 0 radical (unpaired) electrons. The van der Waals surface area contributed by atoms with Gasteiger partial charge in [0.05, 0.1) is 0 Å². The molecular formula is C13H22N2O3. The van der Waals surface area contributed by atoms with Crippen molar-refractivity contribution in [2.45, 2.75) is 51.6 Å². The van der Waals surface area contributed by atoms with E-state index in [1.807, 2.05) is 4.90 Å². The van der Waals surface area contributed by atoms with Crippen molar-refractivity contribution in [3.05, 3.63) is 0 Å². The summed E-state index contributed by atoms with van der Waals surface area (Å²) >= 11 is 0. The van der Waals surface area contributed by atoms with Gasteiger partial charge in [-0.1, -0.05) is 13.8 Å². The highest BCUT2D eigenvalue weighted by Gasteiger charge is 2.40. The van der Waals surface area contributed by atoms with E-state index >= 15 is 0 Å². The van der Waals surface area contributed by atoms with Crippen LogP contribution in [0.1, 0.15) is 39.5 Å². The zero-order valence-corrected chi connectivity index (χ0v) is 11.1. The number of amides is 2. The Kier molecular flexibility index (Phi) is 3.78. The number of aliphatic carboxylic acids is 1. The predicted molar refractivity (Wildman–Crippen MR) is 67.3 cm³/mol. The molecule has 0 heterocycles. The third-order valence-electron chi connectivity index (χ3n) is 3.33. The van der Waals surface area contributed by atoms with Crippen LogP contribution in [0.2, 0.25) is 0 Å². The molecule has 102 valence electrons. The van der Waals surface area contributed by atoms with Gasteiger partial charge in [0.2, 0.25) is 0 Å². The van der Waals surface area contributed by atoms with Crippen LogP contribution in [0.5, 0.6) is 0 Å². The summed E-state index contributed by atoms with van der Waals surface area (Å²) in [4.78, 5) is 26.8. The van der Waals surface area contributed by atoms with Gasteiger partial charge in [-0.25, -0.2) is 4.79 Å². The number of hydrogen-bond donors (Lipinski definition) is 1. The van der Waals surface area contributed by atoms with Gasteiger partial charge in [-0.05, 0) is 31.6 Å². The average molecular weight is 254 g/mol. The van der Waals surface area contributed by atoms with Crippen LogP contribution in [-0.4, -0.2) is 52.1 Å². The Balaban J connectivity index is 2.02. The van der Waals surface area contributed by atoms with Crippen molar-refractivity contribution >= 4 is 12.0 Å². The molecule has 18 heavy (non-hydrogen) atoms. The standard InChI is InChI=1S/C13H22N2O3/c1-9(2)7-14(10-3-4-10)13(18)15(8-12(16)17)11-5-6-11/h9-11H,3-8H2,1-2H3,(H,16,17). The zero-order chi connectivity index (χ0) is 13.3. The van der Waals surface area contributed by atoms with E-state index in [9.17, 15) is 9.59 Å². The lowest BCUT2D eigenvalue weighted by atomic mass is 10.2. The molecule has 1 N–H and O–H groups in total. The molecule has 2 aliphatic rings. The fourth-order valence-electron chi connectivity index (χ4n) is 2.21. The lowest BCUT2D eigenvalue weighted by molar-refractivity contribution is -0.137. The van der Waals surface area contributed by atoms with Gasteiger partial charge in [0, 0.05) is 18.6 Å². The van der Waals surface area contributed by atoms with Crippen LogP contribution in [-0.2, 0) is 4.79 Å². The third-order valence-corrected chi connectivity index (χ3v) is 3.33. The quantitative estimate of drug-likeness (QED) is 0.786. The maximum Gasteiger partial charge on any atom is 0.323 e. The number of rotatable bonds is 6. The molecule has 2 fully saturated rings. The maximum atomic E-state index is 12.5. The smallest absolute Gasteiger partial charge is 0.323 e. The molecule has 0 spiro atoms. The van der Waals surface area contributed by atoms with E-state index in [1.165, 1.54) is 0 Å². The molecule has 2 aliphatic carbocycles. The van der Waals surface area contributed by atoms with Crippen LogP contribution >= 0.6 is 0 Å². The van der Waals surface area contributed by atoms with Crippen molar-refractivity contribution in [3.63, 3.8) is 0 Å². The van der Waals surface area contributed by atoms with Crippen molar-refractivity contribution in [3.8, 4) is 0 Å². The van der Waals surface area contributed by atoms with Crippen LogP contribution in [0.15, 0.2) is 0 Å². The van der Waals surface area contributed by atoms with Crippen LogP contribution in [0, 0.1) is 5.92 Å². The summed E-state index contributed by atoms with van der Waals surface area (Å²) < 4.78 is 0. The fraction of sp³-hybridized carbons (Fsp3) is 0.846. The van der Waals surface area contributed by atoms with Crippen molar-refractivity contribution < 1.29 is 14.7 Å². The molecule has 0 unspecified atom stereocenters. The first-order valence-electron chi connectivity index (χ1n) is 6.78. The number of carboxylic acids is 1. The summed E-state index contributed by atoms with van der Waals surface area (Å²) in [6.45, 7) is 4.74. The number of nitrogens with zero attached hydrogens (tertiary/aromatic N) is 2. The Morgan fingerprint density at radius 3 is 2.00 bits per heavy atom. The lowest BCUT2D eigenvalue weighted by Gasteiger charge is -2.31. The highest BCUT2D eigenvalue weighted by atomic mass is 16.4. The molecule has 2 amide bonds. The lowest BCUT2D eigenvalue weighted by Crippen LogP contribution is -2.48. The van der Waals surface area contributed by atoms with E-state index in [0.717, 1.165) is 32.2 Å². The summed E-state index contributed by atoms with van der Waals surface area (Å²) in [6, 6.07) is 0.424. The van der Waals surface area contributed by atoms with Gasteiger partial charge in [-0.15, -0.1) is 0 Å². The zero-order valence-electron chi connectivity index (χ0n) is 11.1. The SMILES string of the molecule is CC(C)CN(C(=O)N(CC(=O)O)C1CC1)C1CC1. The molecule has 0 aromatic heterocycles. The van der Waals surface area contributed by atoms with Gasteiger partial charge >= 0.3 is 12.0 Å². The molecule has 0 saturated heterocycles. The van der Waals surface area contributed by atoms with Gasteiger partial charge in [0.15, 0.2) is 0 Å². The highest BCUT2D eigenvalue weighted by molar-refractivity contribution is 5.81. The molecule has 2 saturated carbocycles. The van der Waals surface area contributed by atoms with E-state index in [1.54, 1.807) is 4.90 Å². The first-order valence-corrected chi connectivity index (χ1v) is 6.78. The summed E-state index contributed by atoms with van der Waals surface area (Å²) in [5.41, 5.74) is 0. The van der Waals surface area contributed by atoms with Crippen molar-refractivity contribution in [2.24, 2.45) is 5.92 Å². The Bertz CT molecular complexity index is 335. The van der Waals surface area contributed by atoms with Gasteiger partial charge in [0.25, 0.3) is 0 Å². The van der Waals surface area contributed by atoms with Crippen LogP contribution in [0.3, 0.4) is 0 Å². The fourth-order valence-corrected chi connectivity index (χ4v) is 2.21. The second-order valence-electron chi connectivity index (χ2n) is 5.81. The van der Waals surface area contributed by atoms with E-state index in [2.05, 4.69) is 13.8 Å². The van der Waals surface area contributed by atoms with Crippen molar-refractivity contribution in [1.29, 1.82) is 0 Å². The number of carbonyl (C=O) groups is 2. The number of hydrogen-bond acceptors (Lipinski definition) is 2. The van der Waals surface area contributed by atoms with Crippen molar-refractivity contribution in [2.75, 3.05) is 13.1 Å². The molecule has 2 rings (SSSR count). The monoisotopic (exact) mass is 254 g/mol. The van der Waals surface area contributed by atoms with Gasteiger partial charge < -0.3 is 14.9 Å². The molecule has 5 nitrogen and oxygen atoms in total. The first-order chi connectivity index (χ1) is 8.49.